The van der Waals surface area contributed by atoms with Crippen LogP contribution in [0.2, 0.25) is 0 Å². The number of methoxy groups -OCH3 is 1. The van der Waals surface area contributed by atoms with Crippen molar-refractivity contribution < 1.29 is 19.1 Å². The quantitative estimate of drug-likeness (QED) is 0.639. The number of benzene rings is 2. The van der Waals surface area contributed by atoms with Crippen molar-refractivity contribution in [1.82, 2.24) is 10.2 Å². The fourth-order valence-corrected chi connectivity index (χ4v) is 2.82. The molecule has 0 bridgehead atoms. The molecule has 3 amide bonds. The van der Waals surface area contributed by atoms with Crippen molar-refractivity contribution in [3.63, 3.8) is 0 Å². The molecule has 7 heteroatoms. The van der Waals surface area contributed by atoms with Gasteiger partial charge in [0.1, 0.15) is 0 Å². The van der Waals surface area contributed by atoms with Crippen LogP contribution in [0.5, 0.6) is 11.5 Å². The Labute approximate surface area is 172 Å². The maximum atomic E-state index is 12.5. The first-order valence-corrected chi connectivity index (χ1v) is 9.74. The number of ether oxygens (including phenoxy) is 2. The van der Waals surface area contributed by atoms with Crippen molar-refractivity contribution >= 4 is 17.6 Å². The normalized spacial score (nSPS) is 10.2. The van der Waals surface area contributed by atoms with Crippen molar-refractivity contribution in [1.29, 1.82) is 0 Å². The predicted octanol–water partition coefficient (Wildman–Crippen LogP) is 3.65. The summed E-state index contributed by atoms with van der Waals surface area (Å²) in [5.74, 6) is 1.30. The molecule has 0 saturated heterocycles. The first-order valence-electron chi connectivity index (χ1n) is 9.74. The molecule has 0 saturated carbocycles. The van der Waals surface area contributed by atoms with Crippen molar-refractivity contribution in [2.45, 2.75) is 26.8 Å². The SMILES string of the molecule is CCOc1ccc(CN(CC)C(=O)CCNC(=O)Nc2ccccc2)cc1OC. The van der Waals surface area contributed by atoms with Crippen LogP contribution < -0.4 is 20.1 Å². The summed E-state index contributed by atoms with van der Waals surface area (Å²) >= 11 is 0. The van der Waals surface area contributed by atoms with E-state index >= 15 is 0 Å². The summed E-state index contributed by atoms with van der Waals surface area (Å²) in [5, 5.41) is 5.44. The van der Waals surface area contributed by atoms with Crippen LogP contribution in [0.15, 0.2) is 48.5 Å². The van der Waals surface area contributed by atoms with Crippen LogP contribution in [0, 0.1) is 0 Å². The Hall–Kier alpha value is -3.22. The first-order chi connectivity index (χ1) is 14.1. The minimum absolute atomic E-state index is 0.0274. The van der Waals surface area contributed by atoms with Gasteiger partial charge in [0, 0.05) is 31.7 Å². The number of nitrogens with one attached hydrogen (secondary N) is 2. The highest BCUT2D eigenvalue weighted by atomic mass is 16.5. The van der Waals surface area contributed by atoms with Gasteiger partial charge in [0.05, 0.1) is 13.7 Å². The molecule has 0 aliphatic carbocycles. The lowest BCUT2D eigenvalue weighted by Crippen LogP contribution is -2.35. The summed E-state index contributed by atoms with van der Waals surface area (Å²) in [6.45, 7) is 5.71. The van der Waals surface area contributed by atoms with Crippen LogP contribution in [0.25, 0.3) is 0 Å². The number of para-hydroxylation sites is 1. The maximum absolute atomic E-state index is 12.5. The van der Waals surface area contributed by atoms with E-state index in [9.17, 15) is 9.59 Å². The number of rotatable bonds is 10. The Morgan fingerprint density at radius 2 is 1.79 bits per heavy atom. The second kappa shape index (κ2) is 11.6. The number of nitrogens with zero attached hydrogens (tertiary/aromatic N) is 1. The molecule has 29 heavy (non-hydrogen) atoms. The zero-order chi connectivity index (χ0) is 21.1. The molecule has 2 aromatic rings. The third-order valence-corrected chi connectivity index (χ3v) is 4.29. The zero-order valence-corrected chi connectivity index (χ0v) is 17.2. The molecule has 0 radical (unpaired) electrons. The third kappa shape index (κ3) is 7.03. The van der Waals surface area contributed by atoms with Crippen LogP contribution in [0.1, 0.15) is 25.8 Å². The Bertz CT molecular complexity index is 796. The van der Waals surface area contributed by atoms with Crippen LogP contribution in [-0.2, 0) is 11.3 Å². The molecule has 7 nitrogen and oxygen atoms in total. The van der Waals surface area contributed by atoms with Crippen molar-refractivity contribution in [2.24, 2.45) is 0 Å². The molecule has 0 aliphatic heterocycles. The summed E-state index contributed by atoms with van der Waals surface area (Å²) in [7, 11) is 1.59. The maximum Gasteiger partial charge on any atom is 0.319 e. The van der Waals surface area contributed by atoms with Gasteiger partial charge >= 0.3 is 6.03 Å². The second-order valence-electron chi connectivity index (χ2n) is 6.32. The van der Waals surface area contributed by atoms with E-state index in [2.05, 4.69) is 10.6 Å². The van der Waals surface area contributed by atoms with E-state index in [0.717, 1.165) is 5.56 Å². The minimum Gasteiger partial charge on any atom is -0.493 e. The molecular weight excluding hydrogens is 370 g/mol. The van der Waals surface area contributed by atoms with Gasteiger partial charge in [-0.05, 0) is 43.7 Å². The van der Waals surface area contributed by atoms with E-state index < -0.39 is 0 Å². The lowest BCUT2D eigenvalue weighted by Gasteiger charge is -2.22. The van der Waals surface area contributed by atoms with Crippen molar-refractivity contribution in [3.8, 4) is 11.5 Å². The first kappa shape index (κ1) is 22.1. The Morgan fingerprint density at radius 3 is 2.45 bits per heavy atom. The number of carbonyl (C=O) groups excluding carboxylic acids is 2. The molecule has 0 aromatic heterocycles. The average Bonchev–Trinajstić information content (AvgIpc) is 2.73. The highest BCUT2D eigenvalue weighted by Crippen LogP contribution is 2.28. The van der Waals surface area contributed by atoms with Gasteiger partial charge in [-0.3, -0.25) is 4.79 Å². The lowest BCUT2D eigenvalue weighted by molar-refractivity contribution is -0.131. The van der Waals surface area contributed by atoms with Gasteiger partial charge in [-0.2, -0.15) is 0 Å². The summed E-state index contributed by atoms with van der Waals surface area (Å²) in [5.41, 5.74) is 1.66. The van der Waals surface area contributed by atoms with E-state index in [1.807, 2.05) is 50.2 Å². The van der Waals surface area contributed by atoms with Crippen molar-refractivity contribution in [3.05, 3.63) is 54.1 Å². The molecule has 156 valence electrons. The molecule has 0 heterocycles. The van der Waals surface area contributed by atoms with Crippen LogP contribution >= 0.6 is 0 Å². The molecule has 0 atom stereocenters. The van der Waals surface area contributed by atoms with E-state index in [-0.39, 0.29) is 24.9 Å². The topological polar surface area (TPSA) is 79.9 Å². The minimum atomic E-state index is -0.330. The van der Waals surface area contributed by atoms with Crippen LogP contribution in [0.3, 0.4) is 0 Å². The Morgan fingerprint density at radius 1 is 1.03 bits per heavy atom. The molecule has 0 fully saturated rings. The zero-order valence-electron chi connectivity index (χ0n) is 17.2. The van der Waals surface area contributed by atoms with E-state index in [1.165, 1.54) is 0 Å². The number of urea groups is 1. The molecule has 2 rings (SSSR count). The summed E-state index contributed by atoms with van der Waals surface area (Å²) in [4.78, 5) is 26.2. The van der Waals surface area contributed by atoms with Gasteiger partial charge in [-0.15, -0.1) is 0 Å². The monoisotopic (exact) mass is 399 g/mol. The number of carbonyl (C=O) groups is 2. The van der Waals surface area contributed by atoms with Gasteiger partial charge in [-0.25, -0.2) is 4.79 Å². The summed E-state index contributed by atoms with van der Waals surface area (Å²) < 4.78 is 10.9. The van der Waals surface area contributed by atoms with Gasteiger partial charge in [0.15, 0.2) is 11.5 Å². The second-order valence-corrected chi connectivity index (χ2v) is 6.32. The van der Waals surface area contributed by atoms with Crippen molar-refractivity contribution in [2.75, 3.05) is 32.1 Å². The smallest absolute Gasteiger partial charge is 0.319 e. The molecule has 2 aromatic carbocycles. The highest BCUT2D eigenvalue weighted by Gasteiger charge is 2.14. The number of hydrogen-bond donors (Lipinski definition) is 2. The van der Waals surface area contributed by atoms with E-state index in [1.54, 1.807) is 24.1 Å². The standard InChI is InChI=1S/C22H29N3O4/c1-4-25(16-17-11-12-19(29-5-2)20(15-17)28-3)21(26)13-14-23-22(27)24-18-9-7-6-8-10-18/h6-12,15H,4-5,13-14,16H2,1-3H3,(H2,23,24,27). The molecule has 0 aliphatic rings. The van der Waals surface area contributed by atoms with E-state index in [0.29, 0.717) is 36.9 Å². The fraction of sp³-hybridized carbons (Fsp3) is 0.364. The summed E-state index contributed by atoms with van der Waals surface area (Å²) in [6.07, 6.45) is 0.226. The Kier molecular flexibility index (Phi) is 8.82. The third-order valence-electron chi connectivity index (χ3n) is 4.29. The van der Waals surface area contributed by atoms with E-state index in [4.69, 9.17) is 9.47 Å². The number of hydrogen-bond acceptors (Lipinski definition) is 4. The molecule has 2 N–H and O–H groups in total. The van der Waals surface area contributed by atoms with Crippen LogP contribution in [0.4, 0.5) is 10.5 Å². The number of amides is 3. The molecule has 0 unspecified atom stereocenters. The summed E-state index contributed by atoms with van der Waals surface area (Å²) in [6, 6.07) is 14.5. The van der Waals surface area contributed by atoms with Gasteiger partial charge in [0.2, 0.25) is 5.91 Å². The Balaban J connectivity index is 1.84. The molecule has 0 spiro atoms. The average molecular weight is 399 g/mol. The van der Waals surface area contributed by atoms with Crippen LogP contribution in [-0.4, -0.2) is 43.6 Å². The number of anilines is 1. The largest absolute Gasteiger partial charge is 0.493 e. The predicted molar refractivity (Wildman–Crippen MR) is 113 cm³/mol. The fourth-order valence-electron chi connectivity index (χ4n) is 2.82. The van der Waals surface area contributed by atoms with Gasteiger partial charge < -0.3 is 25.0 Å². The molecular formula is C22H29N3O4. The lowest BCUT2D eigenvalue weighted by atomic mass is 10.1. The van der Waals surface area contributed by atoms with Gasteiger partial charge in [-0.1, -0.05) is 24.3 Å². The van der Waals surface area contributed by atoms with Gasteiger partial charge in [0.25, 0.3) is 0 Å². The highest BCUT2D eigenvalue weighted by molar-refractivity contribution is 5.89.